The lowest BCUT2D eigenvalue weighted by molar-refractivity contribution is -0.160. The number of ketones is 4. The number of likely N-dealkylation sites (tertiary alicyclic amines) is 2. The molecule has 20 nitrogen and oxygen atoms in total. The first-order chi connectivity index (χ1) is 40.3. The van der Waals surface area contributed by atoms with E-state index in [-0.39, 0.29) is 93.4 Å². The van der Waals surface area contributed by atoms with Crippen LogP contribution in [0.1, 0.15) is 147 Å². The highest BCUT2D eigenvalue weighted by molar-refractivity contribution is 6.32. The summed E-state index contributed by atoms with van der Waals surface area (Å²) in [6.45, 7) is 15.9. The van der Waals surface area contributed by atoms with Gasteiger partial charge in [-0.3, -0.25) is 38.5 Å². The van der Waals surface area contributed by atoms with Crippen molar-refractivity contribution >= 4 is 51.6 Å². The summed E-state index contributed by atoms with van der Waals surface area (Å²) in [6, 6.07) is 1.25. The zero-order chi connectivity index (χ0) is 61.4. The molecule has 11 rings (SSSR count). The second-order valence-corrected chi connectivity index (χ2v) is 24.5. The molecule has 4 fully saturated rings. The van der Waals surface area contributed by atoms with Crippen LogP contribution in [0.25, 0.3) is 10.9 Å². The highest BCUT2D eigenvalue weighted by atomic mass is 19.1. The smallest absolute Gasteiger partial charge is 0.312 e. The van der Waals surface area contributed by atoms with Gasteiger partial charge in [0.25, 0.3) is 11.7 Å². The van der Waals surface area contributed by atoms with Gasteiger partial charge in [0, 0.05) is 106 Å². The fourth-order valence-corrected chi connectivity index (χ4v) is 14.1. The molecule has 6 aliphatic heterocycles. The normalized spacial score (nSPS) is 31.2. The van der Waals surface area contributed by atoms with Crippen molar-refractivity contribution in [3.8, 4) is 17.2 Å². The van der Waals surface area contributed by atoms with Crippen molar-refractivity contribution in [2.75, 3.05) is 51.8 Å². The summed E-state index contributed by atoms with van der Waals surface area (Å²) in [5.41, 5.74) is -1.45. The molecule has 2 aliphatic carbocycles. The Hall–Kier alpha value is -7.20. The molecule has 3 saturated heterocycles. The van der Waals surface area contributed by atoms with Crippen LogP contribution in [0.5, 0.6) is 17.2 Å². The molecule has 0 radical (unpaired) electrons. The van der Waals surface area contributed by atoms with Gasteiger partial charge in [-0.25, -0.2) is 4.39 Å². The molecule has 0 spiro atoms. The van der Waals surface area contributed by atoms with E-state index in [4.69, 9.17) is 23.7 Å². The molecule has 4 N–H and O–H groups in total. The second kappa shape index (κ2) is 23.6. The van der Waals surface area contributed by atoms with E-state index in [9.17, 15) is 39.3 Å². The molecule has 7 heterocycles. The van der Waals surface area contributed by atoms with Crippen molar-refractivity contribution < 1.29 is 72.2 Å². The molecule has 21 heteroatoms. The van der Waals surface area contributed by atoms with Crippen LogP contribution < -0.4 is 25.1 Å². The van der Waals surface area contributed by atoms with Crippen LogP contribution >= 0.6 is 0 Å². The van der Waals surface area contributed by atoms with Crippen LogP contribution in [0, 0.1) is 42.3 Å². The molecule has 3 aromatic rings. The number of aliphatic hydroxyl groups excluding tert-OH is 2. The number of aromatic hydroxyl groups is 1. The zero-order valence-electron chi connectivity index (χ0n) is 50.2. The summed E-state index contributed by atoms with van der Waals surface area (Å²) >= 11 is 0. The summed E-state index contributed by atoms with van der Waals surface area (Å²) in [6.07, 6.45) is 9.34. The zero-order valence-corrected chi connectivity index (χ0v) is 50.2. The summed E-state index contributed by atoms with van der Waals surface area (Å²) in [5.74, 6) is -10.1. The molecule has 5 bridgehead atoms. The van der Waals surface area contributed by atoms with E-state index in [0.717, 1.165) is 32.2 Å². The standard InChI is InChI=1S/C64H78FN5O15/c1-30-14-12-15-31(2)63(80)66-49-52(67-23-19-40(20-24-67)69-22-13-16-38-27-68(29-44(38)69)51-43(65)26-41-50(61(51)82-11)70(39-17-18-39)28-42(36(7)71)56(41)76)58(78)46-47(57(49)77)55(75)35(6)60-48(46)62(79)64(9,85-60)83-25-21-45(81-10)32(3)59(84-37(8)72)34(5)54(74)33(4)53(30)73/h12,14-15,21,25-26,28,30,32-34,38-40,44-45,53-54,59,73-75H,13,16-20,22-24,27,29H2,1-11H3,(H,66,80)/b14-12+,25-21+,31-15-/t30-,32+,33+,34+,38?,44?,45-,53-,54+,59+,64-/m0/s1. The Morgan fingerprint density at radius 2 is 1.54 bits per heavy atom. The predicted molar refractivity (Wildman–Crippen MR) is 311 cm³/mol. The topological polar surface area (TPSA) is 253 Å². The number of nitrogens with zero attached hydrogens (tertiary/aromatic N) is 4. The van der Waals surface area contributed by atoms with Gasteiger partial charge in [-0.1, -0.05) is 45.9 Å². The number of piperidine rings is 2. The van der Waals surface area contributed by atoms with E-state index in [1.807, 2.05) is 9.47 Å². The van der Waals surface area contributed by atoms with E-state index in [1.54, 1.807) is 50.9 Å². The minimum Gasteiger partial charge on any atom is -0.507 e. The molecule has 1 aromatic heterocycles. The van der Waals surface area contributed by atoms with Gasteiger partial charge in [0.15, 0.2) is 22.8 Å². The molecule has 85 heavy (non-hydrogen) atoms. The number of rotatable bonds is 8. The highest BCUT2D eigenvalue weighted by Gasteiger charge is 2.54. The first kappa shape index (κ1) is 60.9. The number of allylic oxidation sites excluding steroid dienone is 4. The Kier molecular flexibility index (Phi) is 16.9. The number of fused-ring (bicyclic) bond motifs is 16. The number of pyridine rings is 1. The fourth-order valence-electron chi connectivity index (χ4n) is 14.1. The number of amides is 1. The fraction of sp³-hybridized carbons (Fsp3) is 0.547. The summed E-state index contributed by atoms with van der Waals surface area (Å²) < 4.78 is 48.6. The van der Waals surface area contributed by atoms with Crippen molar-refractivity contribution in [3.63, 3.8) is 0 Å². The van der Waals surface area contributed by atoms with Crippen LogP contribution in [0.3, 0.4) is 0 Å². The van der Waals surface area contributed by atoms with Gasteiger partial charge < -0.3 is 58.7 Å². The third-order valence-corrected chi connectivity index (χ3v) is 19.0. The molecule has 456 valence electrons. The van der Waals surface area contributed by atoms with Gasteiger partial charge in [0.1, 0.15) is 34.7 Å². The minimum absolute atomic E-state index is 0.00319. The average molecular weight is 1180 g/mol. The number of carbonyl (C=O) groups is 6. The SMILES string of the molecule is COc1c(N2CC3CCCN(C4CCN(C5=C6NC(=O)/C(C)=C\C=C\[C@H](C)[C@H](O)[C@@H](C)[C@@H](O)[C@@H](C)[C@H](OC(C)=O)[C@H](C)[C@@H](OC)/C=C/O[C@@]7(C)Oc8c(C)c(O)c(c(c8C7=O)C5=O)C6=O)CC4)C3C2)c(F)cc2c(=O)c(C(C)=O)cn(C3CC3)c12. The van der Waals surface area contributed by atoms with Crippen LogP contribution in [0.15, 0.2) is 64.6 Å². The molecule has 2 unspecified atom stereocenters. The van der Waals surface area contributed by atoms with Gasteiger partial charge in [0.2, 0.25) is 11.6 Å². The largest absolute Gasteiger partial charge is 0.507 e. The van der Waals surface area contributed by atoms with E-state index in [1.165, 1.54) is 73.3 Å². The van der Waals surface area contributed by atoms with Crippen LogP contribution in [-0.2, 0) is 23.8 Å². The molecular formula is C64H78FN5O15. The number of anilines is 1. The molecular weight excluding hydrogens is 1100 g/mol. The molecule has 8 aliphatic rings. The number of carbonyl (C=O) groups excluding carboxylic acids is 6. The van der Waals surface area contributed by atoms with Crippen LogP contribution in [-0.4, -0.2) is 154 Å². The molecule has 1 saturated carbocycles. The Balaban J connectivity index is 0.977. The first-order valence-electron chi connectivity index (χ1n) is 29.6. The quantitative estimate of drug-likeness (QED) is 0.131. The van der Waals surface area contributed by atoms with Crippen LogP contribution in [0.4, 0.5) is 10.1 Å². The van der Waals surface area contributed by atoms with Crippen LogP contribution in [0.2, 0.25) is 0 Å². The van der Waals surface area contributed by atoms with Crippen molar-refractivity contribution in [1.29, 1.82) is 0 Å². The Bertz CT molecular complexity index is 3460. The predicted octanol–water partition coefficient (Wildman–Crippen LogP) is 7.02. The first-order valence-corrected chi connectivity index (χ1v) is 29.6. The van der Waals surface area contributed by atoms with E-state index in [2.05, 4.69) is 10.2 Å². The Labute approximate surface area is 493 Å². The number of hydrogen-bond acceptors (Lipinski definition) is 18. The summed E-state index contributed by atoms with van der Waals surface area (Å²) in [7, 11) is 2.89. The number of phenolic OH excluding ortho intramolecular Hbond substituents is 1. The number of Topliss-reactive ketones (excluding diaryl/α,β-unsaturated/α-hetero) is 4. The lowest BCUT2D eigenvalue weighted by Gasteiger charge is -2.46. The maximum atomic E-state index is 16.7. The lowest BCUT2D eigenvalue weighted by Crippen LogP contribution is -2.54. The number of aliphatic hydroxyl groups is 2. The number of methoxy groups -OCH3 is 2. The van der Waals surface area contributed by atoms with Crippen molar-refractivity contribution in [1.82, 2.24) is 19.7 Å². The number of aromatic nitrogens is 1. The number of esters is 1. The van der Waals surface area contributed by atoms with Crippen molar-refractivity contribution in [2.24, 2.45) is 29.6 Å². The monoisotopic (exact) mass is 1180 g/mol. The molecule has 11 atom stereocenters. The van der Waals surface area contributed by atoms with Gasteiger partial charge in [-0.15, -0.1) is 0 Å². The maximum Gasteiger partial charge on any atom is 0.312 e. The number of hydrogen-bond donors (Lipinski definition) is 4. The highest BCUT2D eigenvalue weighted by Crippen LogP contribution is 2.50. The van der Waals surface area contributed by atoms with E-state index < -0.39 is 117 Å². The van der Waals surface area contributed by atoms with Crippen molar-refractivity contribution in [2.45, 2.75) is 149 Å². The third-order valence-electron chi connectivity index (χ3n) is 19.0. The summed E-state index contributed by atoms with van der Waals surface area (Å²) in [5, 5.41) is 38.0. The number of ether oxygens (including phenoxy) is 5. The third kappa shape index (κ3) is 10.8. The molecule has 1 amide bonds. The average Bonchev–Trinajstić information content (AvgIpc) is 1.72. The second-order valence-electron chi connectivity index (χ2n) is 24.5. The number of halogens is 1. The Morgan fingerprint density at radius 1 is 0.835 bits per heavy atom. The van der Waals surface area contributed by atoms with Gasteiger partial charge in [-0.05, 0) is 83.9 Å². The maximum absolute atomic E-state index is 16.7. The van der Waals surface area contributed by atoms with E-state index in [0.29, 0.717) is 31.4 Å². The Morgan fingerprint density at radius 3 is 2.19 bits per heavy atom. The number of benzene rings is 2. The van der Waals surface area contributed by atoms with Crippen molar-refractivity contribution in [3.05, 3.63) is 104 Å². The van der Waals surface area contributed by atoms with Gasteiger partial charge >= 0.3 is 11.8 Å². The number of phenols is 1. The summed E-state index contributed by atoms with van der Waals surface area (Å²) in [4.78, 5) is 105. The van der Waals surface area contributed by atoms with Gasteiger partial charge in [0.05, 0.1) is 64.8 Å². The minimum atomic E-state index is -2.15. The van der Waals surface area contributed by atoms with E-state index >= 15 is 14.0 Å². The van der Waals surface area contributed by atoms with Gasteiger partial charge in [-0.2, -0.15) is 0 Å². The lowest BCUT2D eigenvalue weighted by atomic mass is 9.78. The molecule has 2 aromatic carbocycles. The number of nitrogens with one attached hydrogen (secondary N) is 1.